The molecule has 0 saturated carbocycles. The van der Waals surface area contributed by atoms with Gasteiger partial charge in [-0.15, -0.1) is 0 Å². The lowest BCUT2D eigenvalue weighted by Crippen LogP contribution is -2.60. The average Bonchev–Trinajstić information content (AvgIpc) is 2.80. The Labute approximate surface area is 176 Å². The van der Waals surface area contributed by atoms with Gasteiger partial charge in [-0.1, -0.05) is 36.4 Å². The van der Waals surface area contributed by atoms with Crippen molar-refractivity contribution >= 4 is 5.91 Å². The summed E-state index contributed by atoms with van der Waals surface area (Å²) in [5, 5.41) is 2.81. The minimum absolute atomic E-state index is 0.0972. The van der Waals surface area contributed by atoms with Gasteiger partial charge in [0, 0.05) is 51.7 Å². The van der Waals surface area contributed by atoms with Gasteiger partial charge >= 0.3 is 0 Å². The Morgan fingerprint density at radius 2 is 2.03 bits per heavy atom. The maximum Gasteiger partial charge on any atom is 0.253 e. The van der Waals surface area contributed by atoms with E-state index < -0.39 is 5.60 Å². The van der Waals surface area contributed by atoms with E-state index in [0.717, 1.165) is 28.9 Å². The average molecular weight is 402 g/mol. The zero-order chi connectivity index (χ0) is 20.8. The molecule has 1 aliphatic heterocycles. The van der Waals surface area contributed by atoms with Gasteiger partial charge in [0.15, 0.2) is 5.60 Å². The molecule has 1 N–H and O–H groups in total. The minimum atomic E-state index is -0.935. The van der Waals surface area contributed by atoms with E-state index in [0.29, 0.717) is 26.1 Å². The highest BCUT2D eigenvalue weighted by Crippen LogP contribution is 2.27. The Morgan fingerprint density at radius 1 is 1.13 bits per heavy atom. The van der Waals surface area contributed by atoms with E-state index in [1.165, 1.54) is 0 Å². The summed E-state index contributed by atoms with van der Waals surface area (Å²) in [7, 11) is 1.66. The summed E-state index contributed by atoms with van der Waals surface area (Å²) >= 11 is 0. The first-order valence-corrected chi connectivity index (χ1v) is 10.2. The fraction of sp³-hybridized carbons (Fsp3) is 0.292. The summed E-state index contributed by atoms with van der Waals surface area (Å²) in [5.41, 5.74) is 3.24. The van der Waals surface area contributed by atoms with Crippen LogP contribution in [0.3, 0.4) is 0 Å². The van der Waals surface area contributed by atoms with E-state index in [2.05, 4.69) is 32.3 Å². The van der Waals surface area contributed by atoms with E-state index in [1.54, 1.807) is 19.4 Å². The molecule has 0 radical (unpaired) electrons. The number of nitrogens with zero attached hydrogens (tertiary/aromatic N) is 3. The van der Waals surface area contributed by atoms with E-state index in [4.69, 9.17) is 4.74 Å². The summed E-state index contributed by atoms with van der Waals surface area (Å²) < 4.78 is 6.15. The van der Waals surface area contributed by atoms with Crippen molar-refractivity contribution in [1.29, 1.82) is 0 Å². The van der Waals surface area contributed by atoms with Crippen LogP contribution in [0.2, 0.25) is 0 Å². The third-order valence-electron chi connectivity index (χ3n) is 5.43. The number of ether oxygens (including phenoxy) is 1. The normalized spacial score (nSPS) is 19.4. The van der Waals surface area contributed by atoms with Gasteiger partial charge in [-0.05, 0) is 34.9 Å². The molecule has 3 aromatic rings. The number of amides is 1. The van der Waals surface area contributed by atoms with Crippen LogP contribution in [0, 0.1) is 0 Å². The number of hydrogen-bond donors (Lipinski definition) is 1. The molecular formula is C24H26N4O2. The van der Waals surface area contributed by atoms with E-state index in [1.807, 2.05) is 48.7 Å². The second-order valence-corrected chi connectivity index (χ2v) is 7.57. The number of morpholine rings is 1. The molecule has 4 rings (SSSR count). The summed E-state index contributed by atoms with van der Waals surface area (Å²) in [6.07, 6.45) is 5.91. The number of aromatic nitrogens is 2. The van der Waals surface area contributed by atoms with Gasteiger partial charge < -0.3 is 10.1 Å². The van der Waals surface area contributed by atoms with Crippen LogP contribution in [-0.4, -0.2) is 53.1 Å². The van der Waals surface area contributed by atoms with Crippen molar-refractivity contribution in [3.8, 4) is 11.1 Å². The largest absolute Gasteiger partial charge is 0.362 e. The van der Waals surface area contributed by atoms with Crippen molar-refractivity contribution in [1.82, 2.24) is 20.2 Å². The highest BCUT2D eigenvalue weighted by Gasteiger charge is 2.43. The second-order valence-electron chi connectivity index (χ2n) is 7.57. The summed E-state index contributed by atoms with van der Waals surface area (Å²) in [5.74, 6) is -0.0972. The lowest BCUT2D eigenvalue weighted by Gasteiger charge is -2.41. The summed E-state index contributed by atoms with van der Waals surface area (Å²) in [6.45, 7) is 2.48. The van der Waals surface area contributed by atoms with E-state index in [-0.39, 0.29) is 5.91 Å². The molecule has 0 bridgehead atoms. The predicted molar refractivity (Wildman–Crippen MR) is 116 cm³/mol. The van der Waals surface area contributed by atoms with Crippen molar-refractivity contribution in [2.45, 2.75) is 18.6 Å². The van der Waals surface area contributed by atoms with Gasteiger partial charge in [-0.3, -0.25) is 19.7 Å². The number of hydrogen-bond acceptors (Lipinski definition) is 5. The zero-order valence-electron chi connectivity index (χ0n) is 17.1. The minimum Gasteiger partial charge on any atom is -0.362 e. The number of carbonyl (C=O) groups is 1. The first kappa shape index (κ1) is 20.2. The predicted octanol–water partition coefficient (Wildman–Crippen LogP) is 2.70. The number of pyridine rings is 2. The number of rotatable bonds is 6. The first-order chi connectivity index (χ1) is 14.7. The van der Waals surface area contributed by atoms with Gasteiger partial charge in [0.05, 0.1) is 12.3 Å². The molecule has 30 heavy (non-hydrogen) atoms. The molecule has 154 valence electrons. The number of nitrogens with one attached hydrogen (secondary N) is 1. The fourth-order valence-electron chi connectivity index (χ4n) is 3.99. The molecule has 3 heterocycles. The lowest BCUT2D eigenvalue weighted by atomic mass is 9.90. The molecule has 1 amide bonds. The van der Waals surface area contributed by atoms with Crippen LogP contribution in [0.5, 0.6) is 0 Å². The highest BCUT2D eigenvalue weighted by molar-refractivity contribution is 5.86. The van der Waals surface area contributed by atoms with Crippen LogP contribution < -0.4 is 5.32 Å². The lowest BCUT2D eigenvalue weighted by molar-refractivity contribution is -0.160. The molecule has 6 heteroatoms. The quantitative estimate of drug-likeness (QED) is 0.687. The Morgan fingerprint density at radius 3 is 2.80 bits per heavy atom. The van der Waals surface area contributed by atoms with Crippen molar-refractivity contribution in [3.63, 3.8) is 0 Å². The van der Waals surface area contributed by atoms with Crippen LogP contribution in [0.25, 0.3) is 11.1 Å². The SMILES string of the molecule is CNC(=O)[C@@]1(Cc2cccc(-c3cccnc3)c2)CN(Cc2ccccn2)CCO1. The van der Waals surface area contributed by atoms with E-state index in [9.17, 15) is 4.79 Å². The Hall–Kier alpha value is -3.09. The van der Waals surface area contributed by atoms with Gasteiger partial charge in [-0.25, -0.2) is 0 Å². The second kappa shape index (κ2) is 9.15. The molecule has 1 aliphatic rings. The third-order valence-corrected chi connectivity index (χ3v) is 5.43. The summed E-state index contributed by atoms with van der Waals surface area (Å²) in [6, 6.07) is 18.1. The molecule has 0 aliphatic carbocycles. The molecule has 1 aromatic carbocycles. The third kappa shape index (κ3) is 4.56. The van der Waals surface area contributed by atoms with E-state index >= 15 is 0 Å². The van der Waals surface area contributed by atoms with Crippen molar-refractivity contribution in [2.24, 2.45) is 0 Å². The Bertz CT molecular complexity index is 981. The smallest absolute Gasteiger partial charge is 0.253 e. The molecule has 0 unspecified atom stereocenters. The van der Waals surface area contributed by atoms with Gasteiger partial charge in [0.1, 0.15) is 0 Å². The first-order valence-electron chi connectivity index (χ1n) is 10.2. The molecular weight excluding hydrogens is 376 g/mol. The van der Waals surface area contributed by atoms with Crippen LogP contribution >= 0.6 is 0 Å². The Balaban J connectivity index is 1.57. The Kier molecular flexibility index (Phi) is 6.16. The van der Waals surface area contributed by atoms with Crippen molar-refractivity contribution < 1.29 is 9.53 Å². The van der Waals surface area contributed by atoms with Gasteiger partial charge in [-0.2, -0.15) is 0 Å². The summed E-state index contributed by atoms with van der Waals surface area (Å²) in [4.78, 5) is 23.8. The maximum absolute atomic E-state index is 13.0. The van der Waals surface area contributed by atoms with Gasteiger partial charge in [0.2, 0.25) is 0 Å². The monoisotopic (exact) mass is 402 g/mol. The van der Waals surface area contributed by atoms with Crippen molar-refractivity contribution in [2.75, 3.05) is 26.7 Å². The standard InChI is InChI=1S/C24H26N4O2/c1-25-23(29)24(18-28(12-13-30-24)17-22-9-2-3-11-27-22)15-19-6-4-7-20(14-19)21-8-5-10-26-16-21/h2-11,14,16H,12-13,15,17-18H2,1H3,(H,25,29)/t24-/m1/s1. The molecule has 2 aromatic heterocycles. The fourth-order valence-corrected chi connectivity index (χ4v) is 3.99. The van der Waals surface area contributed by atoms with Crippen LogP contribution in [-0.2, 0) is 22.5 Å². The van der Waals surface area contributed by atoms with Crippen molar-refractivity contribution in [3.05, 3.63) is 84.4 Å². The van der Waals surface area contributed by atoms with Crippen LogP contribution in [0.4, 0.5) is 0 Å². The maximum atomic E-state index is 13.0. The molecule has 1 atom stereocenters. The number of carbonyl (C=O) groups excluding carboxylic acids is 1. The number of likely N-dealkylation sites (N-methyl/N-ethyl adjacent to an activating group) is 1. The molecule has 1 saturated heterocycles. The van der Waals surface area contributed by atoms with Crippen LogP contribution in [0.1, 0.15) is 11.3 Å². The van der Waals surface area contributed by atoms with Gasteiger partial charge in [0.25, 0.3) is 5.91 Å². The molecule has 1 fully saturated rings. The molecule has 0 spiro atoms. The van der Waals surface area contributed by atoms with Crippen LogP contribution in [0.15, 0.2) is 73.2 Å². The molecule has 6 nitrogen and oxygen atoms in total. The topological polar surface area (TPSA) is 67.4 Å². The highest BCUT2D eigenvalue weighted by atomic mass is 16.5. The number of benzene rings is 1. The zero-order valence-corrected chi connectivity index (χ0v) is 17.1.